The number of hydrogen-bond acceptors (Lipinski definition) is 4. The number of hydrogen-bond donors (Lipinski definition) is 0. The van der Waals surface area contributed by atoms with Crippen LogP contribution in [0, 0.1) is 0 Å². The van der Waals surface area contributed by atoms with E-state index in [0.29, 0.717) is 18.0 Å². The van der Waals surface area contributed by atoms with Crippen molar-refractivity contribution in [1.29, 1.82) is 0 Å². The molecule has 3 rings (SSSR count). The van der Waals surface area contributed by atoms with Crippen molar-refractivity contribution in [3.8, 4) is 0 Å². The molecule has 0 bridgehead atoms. The third-order valence-electron chi connectivity index (χ3n) is 3.94. The Hall–Kier alpha value is -2.37. The summed E-state index contributed by atoms with van der Waals surface area (Å²) >= 11 is 0. The van der Waals surface area contributed by atoms with Gasteiger partial charge >= 0.3 is 11.7 Å². The van der Waals surface area contributed by atoms with Gasteiger partial charge in [-0.3, -0.25) is 4.57 Å². The lowest BCUT2D eigenvalue weighted by molar-refractivity contribution is 0.00695. The maximum absolute atomic E-state index is 12.2. The van der Waals surface area contributed by atoms with Crippen molar-refractivity contribution in [1.82, 2.24) is 14.3 Å². The van der Waals surface area contributed by atoms with E-state index in [1.54, 1.807) is 23.7 Å². The molecule has 0 radical (unpaired) electrons. The molecule has 1 fully saturated rings. The van der Waals surface area contributed by atoms with E-state index in [0.717, 1.165) is 24.2 Å². The molecular formula is C18H23N3O3. The minimum atomic E-state index is -0.518. The fraction of sp³-hybridized carbons (Fsp3) is 0.500. The molecule has 0 unspecified atom stereocenters. The van der Waals surface area contributed by atoms with Gasteiger partial charge in [-0.25, -0.2) is 14.3 Å². The highest BCUT2D eigenvalue weighted by molar-refractivity contribution is 5.89. The van der Waals surface area contributed by atoms with Crippen LogP contribution in [0.5, 0.6) is 0 Å². The number of nitrogens with zero attached hydrogens (tertiary/aromatic N) is 3. The first-order chi connectivity index (χ1) is 11.2. The molecule has 0 N–H and O–H groups in total. The van der Waals surface area contributed by atoms with Gasteiger partial charge in [-0.15, -0.1) is 0 Å². The van der Waals surface area contributed by atoms with Crippen LogP contribution < -0.4 is 5.69 Å². The Morgan fingerprint density at radius 2 is 1.88 bits per heavy atom. The molecule has 1 heterocycles. The molecule has 0 saturated heterocycles. The number of aromatic nitrogens is 3. The molecule has 1 aromatic heterocycles. The van der Waals surface area contributed by atoms with E-state index < -0.39 is 5.60 Å². The van der Waals surface area contributed by atoms with Crippen LogP contribution in [-0.2, 0) is 18.3 Å². The molecule has 1 aliphatic rings. The van der Waals surface area contributed by atoms with Gasteiger partial charge in [0.05, 0.1) is 12.1 Å². The highest BCUT2D eigenvalue weighted by atomic mass is 16.6. The maximum Gasteiger partial charge on any atom is 0.345 e. The molecule has 0 aliphatic heterocycles. The highest BCUT2D eigenvalue weighted by Crippen LogP contribution is 2.38. The second kappa shape index (κ2) is 5.92. The summed E-state index contributed by atoms with van der Waals surface area (Å²) in [5.74, 6) is 0.948. The van der Waals surface area contributed by atoms with Crippen LogP contribution in [0.15, 0.2) is 29.1 Å². The molecule has 1 aliphatic carbocycles. The second-order valence-corrected chi connectivity index (χ2v) is 7.33. The van der Waals surface area contributed by atoms with Gasteiger partial charge in [0.2, 0.25) is 0 Å². The fourth-order valence-corrected chi connectivity index (χ4v) is 2.56. The van der Waals surface area contributed by atoms with Crippen LogP contribution in [0.25, 0.3) is 0 Å². The smallest absolute Gasteiger partial charge is 0.345 e. The molecular weight excluding hydrogens is 306 g/mol. The number of rotatable bonds is 4. The Bertz CT molecular complexity index is 806. The average molecular weight is 329 g/mol. The SMILES string of the molecule is Cn1c(C2CC2)nn(Cc2ccc(C(=O)OC(C)(C)C)cc2)c1=O. The Morgan fingerprint density at radius 3 is 2.42 bits per heavy atom. The van der Waals surface area contributed by atoms with Crippen LogP contribution in [0.3, 0.4) is 0 Å². The maximum atomic E-state index is 12.2. The summed E-state index contributed by atoms with van der Waals surface area (Å²) in [6.07, 6.45) is 2.21. The standard InChI is InChI=1S/C18H23N3O3/c1-18(2,3)24-16(22)14-7-5-12(6-8-14)11-21-17(23)20(4)15(19-21)13-9-10-13/h5-8,13H,9-11H2,1-4H3. The summed E-state index contributed by atoms with van der Waals surface area (Å²) in [5.41, 5.74) is 0.801. The van der Waals surface area contributed by atoms with E-state index in [1.807, 2.05) is 32.9 Å². The van der Waals surface area contributed by atoms with Crippen molar-refractivity contribution < 1.29 is 9.53 Å². The number of ether oxygens (including phenoxy) is 1. The monoisotopic (exact) mass is 329 g/mol. The Morgan fingerprint density at radius 1 is 1.25 bits per heavy atom. The molecule has 1 saturated carbocycles. The highest BCUT2D eigenvalue weighted by Gasteiger charge is 2.29. The van der Waals surface area contributed by atoms with Gasteiger partial charge in [0.25, 0.3) is 0 Å². The zero-order chi connectivity index (χ0) is 17.5. The van der Waals surface area contributed by atoms with E-state index in [1.165, 1.54) is 4.68 Å². The zero-order valence-corrected chi connectivity index (χ0v) is 14.6. The number of benzene rings is 1. The summed E-state index contributed by atoms with van der Waals surface area (Å²) in [4.78, 5) is 24.3. The Kier molecular flexibility index (Phi) is 4.07. The summed E-state index contributed by atoms with van der Waals surface area (Å²) in [6, 6.07) is 7.10. The van der Waals surface area contributed by atoms with Crippen molar-refractivity contribution >= 4 is 5.97 Å². The van der Waals surface area contributed by atoms with Gasteiger partial charge < -0.3 is 4.74 Å². The lowest BCUT2D eigenvalue weighted by Gasteiger charge is -2.19. The van der Waals surface area contributed by atoms with Gasteiger partial charge in [0.15, 0.2) is 0 Å². The van der Waals surface area contributed by atoms with E-state index in [9.17, 15) is 9.59 Å². The number of carbonyl (C=O) groups is 1. The van der Waals surface area contributed by atoms with Crippen molar-refractivity contribution in [2.45, 2.75) is 51.7 Å². The van der Waals surface area contributed by atoms with Crippen molar-refractivity contribution in [2.75, 3.05) is 0 Å². The predicted octanol–water partition coefficient (Wildman–Crippen LogP) is 2.46. The first-order valence-corrected chi connectivity index (χ1v) is 8.20. The van der Waals surface area contributed by atoms with Crippen LogP contribution in [0.4, 0.5) is 0 Å². The van der Waals surface area contributed by atoms with E-state index in [-0.39, 0.29) is 11.7 Å². The van der Waals surface area contributed by atoms with Crippen LogP contribution in [-0.4, -0.2) is 25.9 Å². The van der Waals surface area contributed by atoms with Gasteiger partial charge in [-0.2, -0.15) is 5.10 Å². The normalized spacial score (nSPS) is 14.7. The third kappa shape index (κ3) is 3.58. The molecule has 6 heteroatoms. The lowest BCUT2D eigenvalue weighted by Crippen LogP contribution is -2.24. The summed E-state index contributed by atoms with van der Waals surface area (Å²) in [6.45, 7) is 5.91. The lowest BCUT2D eigenvalue weighted by atomic mass is 10.1. The van der Waals surface area contributed by atoms with Gasteiger partial charge in [-0.05, 0) is 51.3 Å². The van der Waals surface area contributed by atoms with E-state index >= 15 is 0 Å². The summed E-state index contributed by atoms with van der Waals surface area (Å²) < 4.78 is 8.46. The average Bonchev–Trinajstić information content (AvgIpc) is 3.29. The first-order valence-electron chi connectivity index (χ1n) is 8.20. The van der Waals surface area contributed by atoms with Gasteiger partial charge in [0.1, 0.15) is 11.4 Å². The Balaban J connectivity index is 1.74. The molecule has 2 aromatic rings. The van der Waals surface area contributed by atoms with E-state index in [4.69, 9.17) is 4.74 Å². The Labute approximate surface area is 141 Å². The second-order valence-electron chi connectivity index (χ2n) is 7.33. The summed E-state index contributed by atoms with van der Waals surface area (Å²) in [5, 5.41) is 4.45. The van der Waals surface area contributed by atoms with Crippen LogP contribution in [0.2, 0.25) is 0 Å². The van der Waals surface area contributed by atoms with Gasteiger partial charge in [-0.1, -0.05) is 12.1 Å². The predicted molar refractivity (Wildman–Crippen MR) is 90.2 cm³/mol. The van der Waals surface area contributed by atoms with Crippen molar-refractivity contribution in [2.24, 2.45) is 7.05 Å². The molecule has 0 amide bonds. The van der Waals surface area contributed by atoms with Crippen molar-refractivity contribution in [3.05, 3.63) is 51.7 Å². The molecule has 6 nitrogen and oxygen atoms in total. The zero-order valence-electron chi connectivity index (χ0n) is 14.6. The number of esters is 1. The third-order valence-corrected chi connectivity index (χ3v) is 3.94. The van der Waals surface area contributed by atoms with Crippen molar-refractivity contribution in [3.63, 3.8) is 0 Å². The molecule has 0 spiro atoms. The molecule has 24 heavy (non-hydrogen) atoms. The van der Waals surface area contributed by atoms with Gasteiger partial charge in [0, 0.05) is 13.0 Å². The largest absolute Gasteiger partial charge is 0.456 e. The minimum Gasteiger partial charge on any atom is -0.456 e. The van der Waals surface area contributed by atoms with Crippen LogP contribution in [0.1, 0.15) is 61.3 Å². The summed E-state index contributed by atoms with van der Waals surface area (Å²) in [7, 11) is 1.77. The number of carbonyl (C=O) groups excluding carboxylic acids is 1. The topological polar surface area (TPSA) is 66.1 Å². The van der Waals surface area contributed by atoms with Crippen LogP contribution >= 0.6 is 0 Å². The first kappa shape index (κ1) is 16.5. The van der Waals surface area contributed by atoms with E-state index in [2.05, 4.69) is 5.10 Å². The molecule has 0 atom stereocenters. The molecule has 128 valence electrons. The fourth-order valence-electron chi connectivity index (χ4n) is 2.56. The molecule has 1 aromatic carbocycles. The minimum absolute atomic E-state index is 0.104. The quantitative estimate of drug-likeness (QED) is 0.808.